The quantitative estimate of drug-likeness (QED) is 0.552. The van der Waals surface area contributed by atoms with Crippen LogP contribution in [0.3, 0.4) is 0 Å². The number of carbonyl (C=O) groups excluding carboxylic acids is 1. The molecular weight excluding hydrogens is 357 g/mol. The third-order valence-electron chi connectivity index (χ3n) is 3.84. The summed E-state index contributed by atoms with van der Waals surface area (Å²) in [6, 6.07) is 3.56. The minimum absolute atomic E-state index is 0.0752. The molecule has 0 radical (unpaired) electrons. The van der Waals surface area contributed by atoms with Crippen LogP contribution in [0.4, 0.5) is 10.1 Å². The number of carbonyl (C=O) groups is 1. The number of piperazine rings is 1. The molecule has 0 aromatic carbocycles. The normalized spacial score (nSPS) is 14.0. The molecule has 0 unspecified atom stereocenters. The summed E-state index contributed by atoms with van der Waals surface area (Å²) >= 11 is 0. The molecule has 0 saturated carbocycles. The summed E-state index contributed by atoms with van der Waals surface area (Å²) in [5, 5.41) is 8.76. The van der Waals surface area contributed by atoms with E-state index >= 15 is 0 Å². The molecule has 0 amide bonds. The minimum atomic E-state index is -0.464. The number of halogens is 1. The lowest BCUT2D eigenvalue weighted by Crippen LogP contribution is -2.46. The van der Waals surface area contributed by atoms with Crippen LogP contribution in [0.1, 0.15) is 44.6 Å². The number of anilines is 1. The number of nitrogens with zero attached hydrogens (tertiary/aromatic N) is 3. The summed E-state index contributed by atoms with van der Waals surface area (Å²) in [4.78, 5) is 18.8. The monoisotopic (exact) mass is 391 g/mol. The van der Waals surface area contributed by atoms with Gasteiger partial charge in [0.05, 0.1) is 17.6 Å². The lowest BCUT2D eigenvalue weighted by atomic mass is 10.2. The number of pyridine rings is 1. The van der Waals surface area contributed by atoms with Gasteiger partial charge in [-0.15, -0.1) is 0 Å². The average molecular weight is 392 g/mol. The number of aliphatic hydroxyl groups excluding tert-OH is 1. The van der Waals surface area contributed by atoms with E-state index in [1.807, 2.05) is 38.7 Å². The summed E-state index contributed by atoms with van der Waals surface area (Å²) in [6.07, 6.45) is 8.16. The van der Waals surface area contributed by atoms with Crippen molar-refractivity contribution in [2.24, 2.45) is 0 Å². The number of aromatic nitrogens is 1. The van der Waals surface area contributed by atoms with Gasteiger partial charge in [-0.1, -0.05) is 46.4 Å². The predicted octanol–water partition coefficient (Wildman–Crippen LogP) is 4.37. The van der Waals surface area contributed by atoms with Crippen molar-refractivity contribution in [3.8, 4) is 0 Å². The summed E-state index contributed by atoms with van der Waals surface area (Å²) < 4.78 is 13.7. The van der Waals surface area contributed by atoms with Crippen molar-refractivity contribution in [3.05, 3.63) is 60.4 Å². The van der Waals surface area contributed by atoms with Gasteiger partial charge in [-0.3, -0.25) is 9.78 Å². The molecule has 156 valence electrons. The van der Waals surface area contributed by atoms with Gasteiger partial charge in [0, 0.05) is 32.8 Å². The maximum absolute atomic E-state index is 13.7. The summed E-state index contributed by atoms with van der Waals surface area (Å²) in [6.45, 7) is 14.3. The van der Waals surface area contributed by atoms with E-state index < -0.39 is 5.83 Å². The largest absolute Gasteiger partial charge is 0.396 e. The first-order chi connectivity index (χ1) is 13.7. The van der Waals surface area contributed by atoms with Crippen molar-refractivity contribution in [2.75, 3.05) is 37.7 Å². The zero-order valence-corrected chi connectivity index (χ0v) is 17.6. The highest BCUT2D eigenvalue weighted by molar-refractivity contribution is 5.72. The van der Waals surface area contributed by atoms with Gasteiger partial charge in [-0.25, -0.2) is 4.39 Å². The molecular formula is C22H34FN3O2. The van der Waals surface area contributed by atoms with Crippen molar-refractivity contribution in [2.45, 2.75) is 34.1 Å². The molecule has 0 atom stereocenters. The molecule has 0 spiro atoms. The second kappa shape index (κ2) is 15.6. The molecule has 1 aliphatic rings. The molecule has 2 rings (SSSR count). The Labute approximate surface area is 168 Å². The summed E-state index contributed by atoms with van der Waals surface area (Å²) in [5.74, 6) is -0.464. The summed E-state index contributed by atoms with van der Waals surface area (Å²) in [7, 11) is 0. The van der Waals surface area contributed by atoms with Gasteiger partial charge in [-0.05, 0) is 24.6 Å². The molecule has 1 aromatic rings. The third-order valence-corrected chi connectivity index (χ3v) is 3.84. The zero-order valence-electron chi connectivity index (χ0n) is 17.6. The fraction of sp³-hybridized carbons (Fsp3) is 0.455. The fourth-order valence-electron chi connectivity index (χ4n) is 2.56. The van der Waals surface area contributed by atoms with Crippen LogP contribution in [-0.2, 0) is 0 Å². The molecule has 2 heterocycles. The minimum Gasteiger partial charge on any atom is -0.396 e. The first-order valence-corrected chi connectivity index (χ1v) is 9.89. The second-order valence-electron chi connectivity index (χ2n) is 5.43. The van der Waals surface area contributed by atoms with E-state index in [-0.39, 0.29) is 6.61 Å². The van der Waals surface area contributed by atoms with Crippen molar-refractivity contribution < 1.29 is 14.3 Å². The lowest BCUT2D eigenvalue weighted by Gasteiger charge is -2.37. The molecule has 1 saturated heterocycles. The Morgan fingerprint density at radius 3 is 2.32 bits per heavy atom. The van der Waals surface area contributed by atoms with Gasteiger partial charge in [-0.2, -0.15) is 0 Å². The van der Waals surface area contributed by atoms with Crippen molar-refractivity contribution >= 4 is 12.0 Å². The Balaban J connectivity index is 0.00000171. The third kappa shape index (κ3) is 8.48. The fourth-order valence-corrected chi connectivity index (χ4v) is 2.56. The second-order valence-corrected chi connectivity index (χ2v) is 5.43. The standard InChI is InChI=1S/C18H22FN3O2.2C2H6/c1-15(19)18(5-3-2-4-12-23)22-10-8-21(9-11-22)17-7-6-16(14-24)20-13-17;2*1-2/h2-3,5-7,13-14,23H,1,4,8-12H2;2*1-2H3/b3-2-,18-5+;;. The Bertz CT molecular complexity index is 619. The highest BCUT2D eigenvalue weighted by Crippen LogP contribution is 2.21. The Hall–Kier alpha value is -2.47. The van der Waals surface area contributed by atoms with E-state index in [1.165, 1.54) is 0 Å². The highest BCUT2D eigenvalue weighted by atomic mass is 19.1. The number of aliphatic hydroxyl groups is 1. The predicted molar refractivity (Wildman–Crippen MR) is 115 cm³/mol. The topological polar surface area (TPSA) is 56.7 Å². The van der Waals surface area contributed by atoms with Crippen molar-refractivity contribution in [3.63, 3.8) is 0 Å². The Morgan fingerprint density at radius 1 is 1.21 bits per heavy atom. The van der Waals surface area contributed by atoms with Crippen LogP contribution in [0.2, 0.25) is 0 Å². The molecule has 0 aliphatic carbocycles. The molecule has 5 nitrogen and oxygen atoms in total. The number of aldehydes is 1. The number of hydrogen-bond donors (Lipinski definition) is 1. The van der Waals surface area contributed by atoms with Gasteiger partial charge in [0.1, 0.15) is 11.5 Å². The first-order valence-electron chi connectivity index (χ1n) is 9.89. The number of rotatable bonds is 7. The van der Waals surface area contributed by atoms with Crippen molar-refractivity contribution in [1.82, 2.24) is 9.88 Å². The van der Waals surface area contributed by atoms with E-state index in [0.717, 1.165) is 25.1 Å². The molecule has 1 aromatic heterocycles. The molecule has 1 N–H and O–H groups in total. The zero-order chi connectivity index (χ0) is 21.4. The Morgan fingerprint density at radius 2 is 1.86 bits per heavy atom. The number of allylic oxidation sites excluding steroid dienone is 3. The SMILES string of the molecule is C=C(F)/C(=C\C=C/CCO)N1CCN(c2ccc(C=O)nc2)CC1.CC.CC. The van der Waals surface area contributed by atoms with Gasteiger partial charge < -0.3 is 14.9 Å². The van der Waals surface area contributed by atoms with Gasteiger partial charge >= 0.3 is 0 Å². The van der Waals surface area contributed by atoms with Gasteiger partial charge in [0.2, 0.25) is 0 Å². The van der Waals surface area contributed by atoms with Crippen LogP contribution in [0.15, 0.2) is 54.7 Å². The molecule has 6 heteroatoms. The smallest absolute Gasteiger partial charge is 0.168 e. The van der Waals surface area contributed by atoms with Crippen LogP contribution in [0, 0.1) is 0 Å². The lowest BCUT2D eigenvalue weighted by molar-refractivity contribution is 0.111. The van der Waals surface area contributed by atoms with Gasteiger partial charge in [0.15, 0.2) is 6.29 Å². The van der Waals surface area contributed by atoms with E-state index in [2.05, 4.69) is 16.5 Å². The summed E-state index contributed by atoms with van der Waals surface area (Å²) in [5.41, 5.74) is 1.83. The van der Waals surface area contributed by atoms with Crippen LogP contribution < -0.4 is 4.90 Å². The van der Waals surface area contributed by atoms with Crippen LogP contribution in [0.25, 0.3) is 0 Å². The van der Waals surface area contributed by atoms with E-state index in [0.29, 0.717) is 30.9 Å². The molecule has 1 aliphatic heterocycles. The van der Waals surface area contributed by atoms with Gasteiger partial charge in [0.25, 0.3) is 0 Å². The molecule has 1 fully saturated rings. The van der Waals surface area contributed by atoms with E-state index in [1.54, 1.807) is 30.5 Å². The highest BCUT2D eigenvalue weighted by Gasteiger charge is 2.20. The average Bonchev–Trinajstić information content (AvgIpc) is 2.76. The van der Waals surface area contributed by atoms with E-state index in [9.17, 15) is 9.18 Å². The van der Waals surface area contributed by atoms with Crippen LogP contribution in [0.5, 0.6) is 0 Å². The maximum atomic E-state index is 13.7. The first kappa shape index (κ1) is 25.5. The van der Waals surface area contributed by atoms with E-state index in [4.69, 9.17) is 5.11 Å². The number of hydrogen-bond acceptors (Lipinski definition) is 5. The molecule has 0 bridgehead atoms. The Kier molecular flexibility index (Phi) is 14.2. The molecule has 28 heavy (non-hydrogen) atoms. The van der Waals surface area contributed by atoms with Crippen LogP contribution >= 0.6 is 0 Å². The van der Waals surface area contributed by atoms with Crippen molar-refractivity contribution in [1.29, 1.82) is 0 Å². The maximum Gasteiger partial charge on any atom is 0.168 e. The van der Waals surface area contributed by atoms with Crippen LogP contribution in [-0.4, -0.2) is 54.1 Å².